The number of amides is 2. The number of hydrogen-bond acceptors (Lipinski definition) is 4. The van der Waals surface area contributed by atoms with Crippen LogP contribution >= 0.6 is 0 Å². The van der Waals surface area contributed by atoms with Crippen molar-refractivity contribution in [3.05, 3.63) is 35.4 Å². The van der Waals surface area contributed by atoms with Gasteiger partial charge in [-0.2, -0.15) is 0 Å². The molecule has 0 aromatic heterocycles. The maximum Gasteiger partial charge on any atom is 0.407 e. The van der Waals surface area contributed by atoms with Crippen LogP contribution in [0, 0.1) is 0 Å². The number of nitrogens with one attached hydrogen (secondary N) is 1. The highest BCUT2D eigenvalue weighted by molar-refractivity contribution is 5.96. The van der Waals surface area contributed by atoms with E-state index in [1.807, 2.05) is 24.3 Å². The van der Waals surface area contributed by atoms with Crippen molar-refractivity contribution in [1.82, 2.24) is 10.2 Å². The first kappa shape index (κ1) is 15.3. The maximum atomic E-state index is 12.6. The molecule has 6 nitrogen and oxygen atoms in total. The molecular formula is C15H21N3O3. The topological polar surface area (TPSA) is 84.7 Å². The summed E-state index contributed by atoms with van der Waals surface area (Å²) in [6, 6.07) is 7.47. The zero-order valence-corrected chi connectivity index (χ0v) is 12.2. The molecule has 1 saturated heterocycles. The number of alkyl carbamates (subject to hydrolysis) is 1. The Morgan fingerprint density at radius 2 is 2.19 bits per heavy atom. The van der Waals surface area contributed by atoms with Gasteiger partial charge < -0.3 is 20.7 Å². The minimum Gasteiger partial charge on any atom is -0.453 e. The molecule has 0 radical (unpaired) electrons. The van der Waals surface area contributed by atoms with Gasteiger partial charge in [0.1, 0.15) is 0 Å². The molecule has 1 aromatic carbocycles. The molecule has 1 unspecified atom stereocenters. The minimum absolute atomic E-state index is 0.00628. The number of ether oxygens (including phenoxy) is 1. The molecule has 1 heterocycles. The van der Waals surface area contributed by atoms with Crippen molar-refractivity contribution < 1.29 is 14.3 Å². The Kier molecular flexibility index (Phi) is 5.16. The fourth-order valence-corrected chi connectivity index (χ4v) is 2.56. The van der Waals surface area contributed by atoms with Gasteiger partial charge in [0.05, 0.1) is 13.2 Å². The lowest BCUT2D eigenvalue weighted by Crippen LogP contribution is -2.38. The first-order chi connectivity index (χ1) is 10.2. The van der Waals surface area contributed by atoms with Gasteiger partial charge >= 0.3 is 6.09 Å². The lowest BCUT2D eigenvalue weighted by atomic mass is 10.0. The number of carbonyl (C=O) groups is 2. The second-order valence-electron chi connectivity index (χ2n) is 5.07. The average molecular weight is 291 g/mol. The van der Waals surface area contributed by atoms with Gasteiger partial charge in [0.2, 0.25) is 0 Å². The summed E-state index contributed by atoms with van der Waals surface area (Å²) in [5.74, 6) is -0.00628. The van der Waals surface area contributed by atoms with Crippen LogP contribution in [0.5, 0.6) is 0 Å². The highest BCUT2D eigenvalue weighted by Gasteiger charge is 2.28. The summed E-state index contributed by atoms with van der Waals surface area (Å²) in [5.41, 5.74) is 7.25. The van der Waals surface area contributed by atoms with E-state index in [9.17, 15) is 9.59 Å². The van der Waals surface area contributed by atoms with Gasteiger partial charge in [0, 0.05) is 18.7 Å². The monoisotopic (exact) mass is 291 g/mol. The Hall–Kier alpha value is -2.08. The molecular weight excluding hydrogens is 270 g/mol. The molecule has 0 saturated carbocycles. The van der Waals surface area contributed by atoms with Crippen LogP contribution in [0.4, 0.5) is 4.79 Å². The van der Waals surface area contributed by atoms with Crippen molar-refractivity contribution in [3.63, 3.8) is 0 Å². The van der Waals surface area contributed by atoms with Crippen LogP contribution in [0.25, 0.3) is 0 Å². The zero-order valence-electron chi connectivity index (χ0n) is 12.2. The molecule has 6 heteroatoms. The van der Waals surface area contributed by atoms with Crippen LogP contribution in [-0.2, 0) is 11.2 Å². The fraction of sp³-hybridized carbons (Fsp3) is 0.467. The van der Waals surface area contributed by atoms with E-state index in [1.165, 1.54) is 7.11 Å². The van der Waals surface area contributed by atoms with Gasteiger partial charge in [-0.25, -0.2) is 4.79 Å². The summed E-state index contributed by atoms with van der Waals surface area (Å²) in [6.07, 6.45) is 0.956. The highest BCUT2D eigenvalue weighted by atomic mass is 16.5. The van der Waals surface area contributed by atoms with E-state index in [-0.39, 0.29) is 11.9 Å². The molecule has 21 heavy (non-hydrogen) atoms. The van der Waals surface area contributed by atoms with Gasteiger partial charge in [0.15, 0.2) is 0 Å². The molecule has 0 aliphatic carbocycles. The third-order valence-corrected chi connectivity index (χ3v) is 3.64. The van der Waals surface area contributed by atoms with E-state index in [1.54, 1.807) is 4.90 Å². The fourth-order valence-electron chi connectivity index (χ4n) is 2.56. The molecule has 114 valence electrons. The number of benzene rings is 1. The van der Waals surface area contributed by atoms with Gasteiger partial charge in [-0.15, -0.1) is 0 Å². The van der Waals surface area contributed by atoms with E-state index in [0.717, 1.165) is 12.0 Å². The van der Waals surface area contributed by atoms with Crippen molar-refractivity contribution in [1.29, 1.82) is 0 Å². The number of rotatable bonds is 4. The quantitative estimate of drug-likeness (QED) is 0.857. The Morgan fingerprint density at radius 3 is 2.90 bits per heavy atom. The lowest BCUT2D eigenvalue weighted by molar-refractivity contribution is 0.0787. The van der Waals surface area contributed by atoms with E-state index < -0.39 is 6.09 Å². The molecule has 3 N–H and O–H groups in total. The molecule has 1 atom stereocenters. The number of hydrogen-bond donors (Lipinski definition) is 2. The Labute approximate surface area is 124 Å². The van der Waals surface area contributed by atoms with E-state index in [0.29, 0.717) is 31.6 Å². The predicted octanol–water partition coefficient (Wildman–Crippen LogP) is 0.758. The molecule has 1 aliphatic heterocycles. The van der Waals surface area contributed by atoms with Crippen molar-refractivity contribution in [2.75, 3.05) is 26.7 Å². The third kappa shape index (κ3) is 3.72. The Bertz CT molecular complexity index is 519. The number of nitrogens with two attached hydrogens (primary N) is 1. The summed E-state index contributed by atoms with van der Waals surface area (Å²) >= 11 is 0. The summed E-state index contributed by atoms with van der Waals surface area (Å²) in [4.78, 5) is 25.5. The van der Waals surface area contributed by atoms with Gasteiger partial charge in [-0.1, -0.05) is 18.2 Å². The summed E-state index contributed by atoms with van der Waals surface area (Å²) in [6.45, 7) is 1.65. The van der Waals surface area contributed by atoms with Crippen LogP contribution in [0.3, 0.4) is 0 Å². The largest absolute Gasteiger partial charge is 0.453 e. The van der Waals surface area contributed by atoms with Gasteiger partial charge in [0.25, 0.3) is 5.91 Å². The van der Waals surface area contributed by atoms with E-state index in [4.69, 9.17) is 5.73 Å². The summed E-state index contributed by atoms with van der Waals surface area (Å²) in [7, 11) is 1.33. The highest BCUT2D eigenvalue weighted by Crippen LogP contribution is 2.17. The first-order valence-electron chi connectivity index (χ1n) is 7.07. The van der Waals surface area contributed by atoms with Gasteiger partial charge in [-0.05, 0) is 31.0 Å². The molecule has 1 aromatic rings. The average Bonchev–Trinajstić information content (AvgIpc) is 2.96. The first-order valence-corrected chi connectivity index (χ1v) is 7.07. The van der Waals surface area contributed by atoms with Crippen molar-refractivity contribution >= 4 is 12.0 Å². The number of nitrogens with zero attached hydrogens (tertiary/aromatic N) is 1. The van der Waals surface area contributed by atoms with Crippen LogP contribution < -0.4 is 11.1 Å². The van der Waals surface area contributed by atoms with Gasteiger partial charge in [-0.3, -0.25) is 4.79 Å². The van der Waals surface area contributed by atoms with Crippen LogP contribution in [-0.4, -0.2) is 49.7 Å². The second kappa shape index (κ2) is 7.08. The summed E-state index contributed by atoms with van der Waals surface area (Å²) in [5, 5.41) is 2.73. The molecule has 0 bridgehead atoms. The number of methoxy groups -OCH3 is 1. The Balaban J connectivity index is 2.03. The Morgan fingerprint density at radius 1 is 1.43 bits per heavy atom. The molecule has 2 rings (SSSR count). The summed E-state index contributed by atoms with van der Waals surface area (Å²) < 4.78 is 4.58. The smallest absolute Gasteiger partial charge is 0.407 e. The molecule has 0 spiro atoms. The van der Waals surface area contributed by atoms with Crippen LogP contribution in [0.15, 0.2) is 24.3 Å². The standard InChI is InChI=1S/C15H21N3O3/c1-21-15(20)17-12-7-9-18(10-12)14(19)13-5-3-2-4-11(13)6-8-16/h2-5,12H,6-10,16H2,1H3,(H,17,20). The van der Waals surface area contributed by atoms with Crippen molar-refractivity contribution in [2.24, 2.45) is 5.73 Å². The minimum atomic E-state index is -0.460. The second-order valence-corrected chi connectivity index (χ2v) is 5.07. The van der Waals surface area contributed by atoms with Crippen molar-refractivity contribution in [2.45, 2.75) is 18.9 Å². The maximum absolute atomic E-state index is 12.6. The van der Waals surface area contributed by atoms with E-state index in [2.05, 4.69) is 10.1 Å². The molecule has 1 fully saturated rings. The molecule has 1 aliphatic rings. The SMILES string of the molecule is COC(=O)NC1CCN(C(=O)c2ccccc2CCN)C1. The third-order valence-electron chi connectivity index (χ3n) is 3.64. The zero-order chi connectivity index (χ0) is 15.2. The van der Waals surface area contributed by atoms with Crippen molar-refractivity contribution in [3.8, 4) is 0 Å². The van der Waals surface area contributed by atoms with Crippen LogP contribution in [0.2, 0.25) is 0 Å². The number of likely N-dealkylation sites (tertiary alicyclic amines) is 1. The lowest BCUT2D eigenvalue weighted by Gasteiger charge is -2.18. The van der Waals surface area contributed by atoms with Crippen LogP contribution in [0.1, 0.15) is 22.3 Å². The predicted molar refractivity (Wildman–Crippen MR) is 79.0 cm³/mol. The normalized spacial score (nSPS) is 17.6. The number of carbonyl (C=O) groups excluding carboxylic acids is 2. The van der Waals surface area contributed by atoms with E-state index >= 15 is 0 Å². The molecule has 2 amide bonds.